The summed E-state index contributed by atoms with van der Waals surface area (Å²) < 4.78 is 12.6. The highest BCUT2D eigenvalue weighted by Gasteiger charge is 2.28. The van der Waals surface area contributed by atoms with Crippen LogP contribution in [-0.4, -0.2) is 100 Å². The summed E-state index contributed by atoms with van der Waals surface area (Å²) in [6.07, 6.45) is 4.93. The van der Waals surface area contributed by atoms with Gasteiger partial charge in [-0.15, -0.1) is 0 Å². The maximum atomic E-state index is 13.4. The van der Waals surface area contributed by atoms with Crippen LogP contribution in [0, 0.1) is 39.5 Å². The number of carboxylic acid groups (broad SMARTS) is 1. The number of esters is 1. The van der Waals surface area contributed by atoms with E-state index in [9.17, 15) is 33.9 Å². The van der Waals surface area contributed by atoms with E-state index in [0.29, 0.717) is 79.9 Å². The van der Waals surface area contributed by atoms with Crippen molar-refractivity contribution in [1.29, 1.82) is 0 Å². The number of carbonyl (C=O) groups excluding carboxylic acids is 3. The number of fused-ring (bicyclic) bond motifs is 2. The van der Waals surface area contributed by atoms with Crippen LogP contribution in [0.4, 0.5) is 0 Å². The molecule has 2 aromatic carbocycles. The number of likely N-dealkylation sites (tertiary alicyclic amines) is 2. The first-order chi connectivity index (χ1) is 31.3. The predicted octanol–water partition coefficient (Wildman–Crippen LogP) is 7.24. The van der Waals surface area contributed by atoms with E-state index in [-0.39, 0.29) is 54.2 Å². The molecule has 2 aliphatic rings. The molecule has 0 atom stereocenters. The lowest BCUT2D eigenvalue weighted by Crippen LogP contribution is -2.42. The van der Waals surface area contributed by atoms with E-state index in [1.807, 2.05) is 84.3 Å². The molecule has 8 rings (SSSR count). The van der Waals surface area contributed by atoms with E-state index < -0.39 is 22.8 Å². The Morgan fingerprint density at radius 2 is 1.03 bits per heavy atom. The molecule has 356 valence electrons. The van der Waals surface area contributed by atoms with Crippen molar-refractivity contribution in [3.63, 3.8) is 0 Å². The second kappa shape index (κ2) is 20.4. The van der Waals surface area contributed by atoms with E-state index in [2.05, 4.69) is 24.0 Å². The first-order valence-corrected chi connectivity index (χ1v) is 22.8. The van der Waals surface area contributed by atoms with Crippen LogP contribution < -0.4 is 10.9 Å². The van der Waals surface area contributed by atoms with Gasteiger partial charge in [0.2, 0.25) is 10.9 Å². The second-order valence-corrected chi connectivity index (χ2v) is 18.4. The average Bonchev–Trinajstić information content (AvgIpc) is 3.70. The Labute approximate surface area is 390 Å². The minimum atomic E-state index is -1.27. The number of nitrogens with zero attached hydrogens (tertiary/aromatic N) is 8. The highest BCUT2D eigenvalue weighted by molar-refractivity contribution is 6.02. The maximum Gasteiger partial charge on any atom is 0.343 e. The summed E-state index contributed by atoms with van der Waals surface area (Å²) in [7, 11) is 0. The summed E-state index contributed by atoms with van der Waals surface area (Å²) in [4.78, 5) is 80.8. The molecule has 0 aliphatic carbocycles. The molecule has 67 heavy (non-hydrogen) atoms. The number of carboxylic acids is 1. The van der Waals surface area contributed by atoms with Crippen molar-refractivity contribution >= 4 is 45.6 Å². The molecular weight excluding hydrogens is 853 g/mol. The van der Waals surface area contributed by atoms with E-state index in [0.717, 1.165) is 46.7 Å². The molecule has 1 N–H and O–H groups in total. The number of hydrogen-bond donors (Lipinski definition) is 1. The Kier molecular flexibility index (Phi) is 15.1. The number of aromatic carboxylic acids is 1. The topological polar surface area (TPSA) is 184 Å². The van der Waals surface area contributed by atoms with Crippen LogP contribution in [0.1, 0.15) is 130 Å². The molecule has 2 fully saturated rings. The van der Waals surface area contributed by atoms with Crippen molar-refractivity contribution < 1.29 is 29.0 Å². The lowest BCUT2D eigenvalue weighted by atomic mass is 9.99. The zero-order valence-electron chi connectivity index (χ0n) is 39.4. The van der Waals surface area contributed by atoms with Crippen molar-refractivity contribution in [3.05, 3.63) is 125 Å². The Morgan fingerprint density at radius 3 is 1.36 bits per heavy atom. The summed E-state index contributed by atoms with van der Waals surface area (Å²) in [5.74, 6) is -1.62. The predicted molar refractivity (Wildman–Crippen MR) is 258 cm³/mol. The van der Waals surface area contributed by atoms with Gasteiger partial charge in [0.15, 0.2) is 0 Å². The Bertz CT molecular complexity index is 3000. The van der Waals surface area contributed by atoms with Gasteiger partial charge in [-0.05, 0) is 107 Å². The molecule has 6 heterocycles. The molecular formula is C51H64N8O8. The molecule has 0 unspecified atom stereocenters. The fourth-order valence-electron chi connectivity index (χ4n) is 8.59. The summed E-state index contributed by atoms with van der Waals surface area (Å²) in [6.45, 7) is 22.7. The van der Waals surface area contributed by atoms with Crippen molar-refractivity contribution in [1.82, 2.24) is 38.5 Å². The quantitative estimate of drug-likeness (QED) is 0.116. The van der Waals surface area contributed by atoms with Gasteiger partial charge < -0.3 is 28.8 Å². The van der Waals surface area contributed by atoms with Crippen molar-refractivity contribution in [2.45, 2.75) is 109 Å². The third-order valence-corrected chi connectivity index (χ3v) is 12.1. The molecule has 0 spiro atoms. The van der Waals surface area contributed by atoms with Crippen LogP contribution in [0.15, 0.2) is 58.4 Å². The average molecular weight is 917 g/mol. The first kappa shape index (κ1) is 49.6. The van der Waals surface area contributed by atoms with Crippen LogP contribution in [-0.2, 0) is 30.9 Å². The number of carbonyl (C=O) groups is 4. The van der Waals surface area contributed by atoms with E-state index >= 15 is 0 Å². The third kappa shape index (κ3) is 10.4. The van der Waals surface area contributed by atoms with Gasteiger partial charge >= 0.3 is 11.9 Å². The lowest BCUT2D eigenvalue weighted by molar-refractivity contribution is 0.0522. The standard InChI is InChI=1S/C26H32N4O4.C24H28N4O4.CH4/c1-6-34-26(33)22-15-29(13-16(2)3)23-11-19(14-30-18(5)10-17(4)27-30)20(12-21(23)24(22)31)25(32)28-8-7-9-28;1-14(2)11-27-13-20(24(31)32)22(29)19-10-18(23(30)26-6-5-7-26)17(9-21(19)27)12-28-16(4)8-15(3)25-28;/h10-12,15-16H,6-9,13-14H2,1-5H3;8-10,13-14H,5-7,11-12H2,1-4H3,(H,31,32);1H4. The van der Waals surface area contributed by atoms with Gasteiger partial charge in [0, 0.05) is 84.9 Å². The van der Waals surface area contributed by atoms with E-state index in [1.165, 1.54) is 6.20 Å². The van der Waals surface area contributed by atoms with Crippen LogP contribution in [0.25, 0.3) is 21.8 Å². The Balaban J connectivity index is 0.000000218. The van der Waals surface area contributed by atoms with Gasteiger partial charge in [-0.2, -0.15) is 10.2 Å². The SMILES string of the molecule is C.CCOC(=O)c1cn(CC(C)C)c2cc(Cn3nc(C)cc3C)c(C(=O)N3CCC3)cc2c1=O.Cc1cc(C)n(Cc2cc3c(cc2C(=O)N2CCC2)c(=O)c(C(=O)O)cn3CC(C)C)n1. The van der Waals surface area contributed by atoms with Crippen LogP contribution in [0.3, 0.4) is 0 Å². The molecule has 6 aromatic rings. The molecule has 2 saturated heterocycles. The number of hydrogen-bond acceptors (Lipinski definition) is 9. The largest absolute Gasteiger partial charge is 0.477 e. The number of aryl methyl sites for hydroxylation is 4. The van der Waals surface area contributed by atoms with Gasteiger partial charge in [0.25, 0.3) is 11.8 Å². The zero-order chi connectivity index (χ0) is 47.7. The highest BCUT2D eigenvalue weighted by Crippen LogP contribution is 2.27. The second-order valence-electron chi connectivity index (χ2n) is 18.4. The molecule has 2 amide bonds. The minimum Gasteiger partial charge on any atom is -0.477 e. The molecule has 0 saturated carbocycles. The Hall–Kier alpha value is -6.84. The number of amides is 2. The fourth-order valence-corrected chi connectivity index (χ4v) is 8.59. The number of rotatable bonds is 13. The summed E-state index contributed by atoms with van der Waals surface area (Å²) in [5.41, 5.74) is 6.30. The van der Waals surface area contributed by atoms with Crippen molar-refractivity contribution in [2.75, 3.05) is 32.8 Å². The van der Waals surface area contributed by atoms with Crippen LogP contribution >= 0.6 is 0 Å². The molecule has 2 aliphatic heterocycles. The smallest absolute Gasteiger partial charge is 0.343 e. The zero-order valence-corrected chi connectivity index (χ0v) is 39.4. The number of benzene rings is 2. The fraction of sp³-hybridized carbons (Fsp3) is 0.451. The van der Waals surface area contributed by atoms with Gasteiger partial charge in [-0.25, -0.2) is 9.59 Å². The number of aromatic nitrogens is 6. The van der Waals surface area contributed by atoms with E-state index in [1.54, 1.807) is 35.1 Å². The van der Waals surface area contributed by atoms with E-state index in [4.69, 9.17) is 4.74 Å². The lowest BCUT2D eigenvalue weighted by Gasteiger charge is -2.31. The van der Waals surface area contributed by atoms with Gasteiger partial charge in [0.05, 0.1) is 42.1 Å². The first-order valence-electron chi connectivity index (χ1n) is 22.8. The monoisotopic (exact) mass is 916 g/mol. The highest BCUT2D eigenvalue weighted by atomic mass is 16.5. The summed E-state index contributed by atoms with van der Waals surface area (Å²) >= 11 is 0. The van der Waals surface area contributed by atoms with Crippen molar-refractivity contribution in [3.8, 4) is 0 Å². The molecule has 16 nitrogen and oxygen atoms in total. The molecule has 4 aromatic heterocycles. The van der Waals surface area contributed by atoms with Crippen LogP contribution in [0.2, 0.25) is 0 Å². The molecule has 16 heteroatoms. The van der Waals surface area contributed by atoms with Crippen molar-refractivity contribution in [2.24, 2.45) is 11.8 Å². The Morgan fingerprint density at radius 1 is 0.627 bits per heavy atom. The minimum absolute atomic E-state index is 0. The van der Waals surface area contributed by atoms with Gasteiger partial charge in [0.1, 0.15) is 11.1 Å². The normalized spacial score (nSPS) is 13.3. The number of ether oxygens (including phenoxy) is 1. The summed E-state index contributed by atoms with van der Waals surface area (Å²) in [5, 5.41) is 19.3. The molecule has 0 radical (unpaired) electrons. The summed E-state index contributed by atoms with van der Waals surface area (Å²) in [6, 6.07) is 11.0. The van der Waals surface area contributed by atoms with Gasteiger partial charge in [-0.1, -0.05) is 35.1 Å². The van der Waals surface area contributed by atoms with Crippen LogP contribution in [0.5, 0.6) is 0 Å². The number of pyridine rings is 2. The maximum absolute atomic E-state index is 13.4. The van der Waals surface area contributed by atoms with Gasteiger partial charge in [-0.3, -0.25) is 28.5 Å². The molecule has 0 bridgehead atoms. The third-order valence-electron chi connectivity index (χ3n) is 12.1.